The van der Waals surface area contributed by atoms with Gasteiger partial charge in [0.1, 0.15) is 0 Å². The van der Waals surface area contributed by atoms with E-state index in [-0.39, 0.29) is 6.04 Å². The van der Waals surface area contributed by atoms with E-state index in [0.29, 0.717) is 11.5 Å². The van der Waals surface area contributed by atoms with Gasteiger partial charge in [-0.05, 0) is 31.4 Å². The van der Waals surface area contributed by atoms with E-state index in [4.69, 9.17) is 0 Å². The Bertz CT molecular complexity index is 365. The molecular formula is C13H17F2N. The third-order valence-corrected chi connectivity index (χ3v) is 3.45. The Morgan fingerprint density at radius 1 is 1.38 bits per heavy atom. The van der Waals surface area contributed by atoms with Crippen molar-refractivity contribution in [2.24, 2.45) is 5.92 Å². The Morgan fingerprint density at radius 3 is 2.94 bits per heavy atom. The fraction of sp³-hybridized carbons (Fsp3) is 0.538. The molecule has 0 aliphatic carbocycles. The highest BCUT2D eigenvalue weighted by atomic mass is 19.2. The third-order valence-electron chi connectivity index (χ3n) is 3.45. The summed E-state index contributed by atoms with van der Waals surface area (Å²) in [6.07, 6.45) is 3.13. The molecular weight excluding hydrogens is 208 g/mol. The highest BCUT2D eigenvalue weighted by Gasteiger charge is 2.24. The standard InChI is InChI=1S/C13H17F2N/c1-2-9-6-7-16-12(8-9)10-4-3-5-11(14)13(10)15/h3-5,9,12,16H,2,6-8H2,1H3. The molecule has 1 aromatic rings. The van der Waals surface area contributed by atoms with E-state index < -0.39 is 11.6 Å². The van der Waals surface area contributed by atoms with Crippen molar-refractivity contribution in [3.8, 4) is 0 Å². The number of hydrogen-bond acceptors (Lipinski definition) is 1. The Morgan fingerprint density at radius 2 is 2.19 bits per heavy atom. The van der Waals surface area contributed by atoms with Gasteiger partial charge in [0, 0.05) is 11.6 Å². The van der Waals surface area contributed by atoms with E-state index in [1.165, 1.54) is 6.07 Å². The molecule has 0 amide bonds. The van der Waals surface area contributed by atoms with Gasteiger partial charge in [-0.25, -0.2) is 8.78 Å². The zero-order valence-electron chi connectivity index (χ0n) is 9.47. The van der Waals surface area contributed by atoms with Crippen LogP contribution in [0.15, 0.2) is 18.2 Å². The number of benzene rings is 1. The van der Waals surface area contributed by atoms with Crippen molar-refractivity contribution in [1.82, 2.24) is 5.32 Å². The average molecular weight is 225 g/mol. The van der Waals surface area contributed by atoms with E-state index in [2.05, 4.69) is 12.2 Å². The number of halogens is 2. The van der Waals surface area contributed by atoms with Crippen LogP contribution in [0.25, 0.3) is 0 Å². The molecule has 1 aliphatic rings. The first kappa shape index (κ1) is 11.5. The zero-order valence-corrected chi connectivity index (χ0v) is 9.47. The maximum Gasteiger partial charge on any atom is 0.163 e. The van der Waals surface area contributed by atoms with E-state index in [9.17, 15) is 8.78 Å². The fourth-order valence-corrected chi connectivity index (χ4v) is 2.39. The Hall–Kier alpha value is -0.960. The second-order valence-corrected chi connectivity index (χ2v) is 4.45. The van der Waals surface area contributed by atoms with Gasteiger partial charge in [0.15, 0.2) is 11.6 Å². The number of hydrogen-bond donors (Lipinski definition) is 1. The van der Waals surface area contributed by atoms with Crippen LogP contribution in [0, 0.1) is 17.6 Å². The second kappa shape index (κ2) is 4.91. The summed E-state index contributed by atoms with van der Waals surface area (Å²) in [6, 6.07) is 4.38. The predicted molar refractivity (Wildman–Crippen MR) is 60.1 cm³/mol. The van der Waals surface area contributed by atoms with Gasteiger partial charge in [-0.2, -0.15) is 0 Å². The molecule has 88 valence electrons. The molecule has 2 rings (SSSR count). The van der Waals surface area contributed by atoms with Gasteiger partial charge in [0.05, 0.1) is 0 Å². The Labute approximate surface area is 94.9 Å². The maximum atomic E-state index is 13.6. The monoisotopic (exact) mass is 225 g/mol. The normalized spacial score (nSPS) is 25.7. The predicted octanol–water partition coefficient (Wildman–Crippen LogP) is 3.42. The lowest BCUT2D eigenvalue weighted by atomic mass is 9.87. The molecule has 1 nitrogen and oxygen atoms in total. The van der Waals surface area contributed by atoms with Crippen LogP contribution in [0.4, 0.5) is 8.78 Å². The SMILES string of the molecule is CCC1CCNC(c2cccc(F)c2F)C1. The minimum absolute atomic E-state index is 0.0330. The van der Waals surface area contributed by atoms with Gasteiger partial charge in [-0.1, -0.05) is 25.5 Å². The van der Waals surface area contributed by atoms with Gasteiger partial charge < -0.3 is 5.32 Å². The van der Waals surface area contributed by atoms with Gasteiger partial charge in [-0.15, -0.1) is 0 Å². The van der Waals surface area contributed by atoms with Gasteiger partial charge >= 0.3 is 0 Å². The molecule has 0 bridgehead atoms. The summed E-state index contributed by atoms with van der Waals surface area (Å²) >= 11 is 0. The summed E-state index contributed by atoms with van der Waals surface area (Å²) < 4.78 is 26.7. The Balaban J connectivity index is 2.20. The zero-order chi connectivity index (χ0) is 11.5. The molecule has 0 radical (unpaired) electrons. The van der Waals surface area contributed by atoms with Gasteiger partial charge in [-0.3, -0.25) is 0 Å². The minimum Gasteiger partial charge on any atom is -0.310 e. The van der Waals surface area contributed by atoms with E-state index >= 15 is 0 Å². The molecule has 2 atom stereocenters. The minimum atomic E-state index is -0.752. The van der Waals surface area contributed by atoms with Crippen LogP contribution in [0.2, 0.25) is 0 Å². The number of nitrogens with one attached hydrogen (secondary N) is 1. The topological polar surface area (TPSA) is 12.0 Å². The summed E-state index contributed by atoms with van der Waals surface area (Å²) in [6.45, 7) is 3.04. The van der Waals surface area contributed by atoms with Crippen LogP contribution in [-0.2, 0) is 0 Å². The van der Waals surface area contributed by atoms with Crippen LogP contribution >= 0.6 is 0 Å². The highest BCUT2D eigenvalue weighted by molar-refractivity contribution is 5.23. The van der Waals surface area contributed by atoms with Gasteiger partial charge in [0.2, 0.25) is 0 Å². The smallest absolute Gasteiger partial charge is 0.163 e. The summed E-state index contributed by atoms with van der Waals surface area (Å²) in [4.78, 5) is 0. The lowest BCUT2D eigenvalue weighted by Gasteiger charge is -2.30. The molecule has 3 heteroatoms. The summed E-state index contributed by atoms with van der Waals surface area (Å²) in [5, 5.41) is 3.26. The molecule has 0 aromatic heterocycles. The van der Waals surface area contributed by atoms with Crippen molar-refractivity contribution in [3.05, 3.63) is 35.4 Å². The molecule has 1 N–H and O–H groups in total. The van der Waals surface area contributed by atoms with Crippen molar-refractivity contribution in [3.63, 3.8) is 0 Å². The van der Waals surface area contributed by atoms with Crippen molar-refractivity contribution in [2.45, 2.75) is 32.2 Å². The lowest BCUT2D eigenvalue weighted by molar-refractivity contribution is 0.292. The molecule has 0 saturated carbocycles. The van der Waals surface area contributed by atoms with E-state index in [0.717, 1.165) is 25.8 Å². The van der Waals surface area contributed by atoms with Crippen LogP contribution in [-0.4, -0.2) is 6.54 Å². The van der Waals surface area contributed by atoms with Crippen molar-refractivity contribution in [2.75, 3.05) is 6.54 Å². The summed E-state index contributed by atoms with van der Waals surface area (Å²) in [7, 11) is 0. The number of piperidine rings is 1. The number of rotatable bonds is 2. The molecule has 16 heavy (non-hydrogen) atoms. The van der Waals surface area contributed by atoms with Crippen LogP contribution in [0.1, 0.15) is 37.8 Å². The summed E-state index contributed by atoms with van der Waals surface area (Å²) in [5.74, 6) is -0.830. The average Bonchev–Trinajstić information content (AvgIpc) is 2.33. The van der Waals surface area contributed by atoms with E-state index in [1.807, 2.05) is 0 Å². The molecule has 1 fully saturated rings. The van der Waals surface area contributed by atoms with Crippen LogP contribution in [0.3, 0.4) is 0 Å². The lowest BCUT2D eigenvalue weighted by Crippen LogP contribution is -2.32. The van der Waals surface area contributed by atoms with Crippen molar-refractivity contribution in [1.29, 1.82) is 0 Å². The molecule has 1 heterocycles. The molecule has 1 aliphatic heterocycles. The fourth-order valence-electron chi connectivity index (χ4n) is 2.39. The highest BCUT2D eigenvalue weighted by Crippen LogP contribution is 2.30. The van der Waals surface area contributed by atoms with Crippen LogP contribution < -0.4 is 5.32 Å². The van der Waals surface area contributed by atoms with Crippen LogP contribution in [0.5, 0.6) is 0 Å². The largest absolute Gasteiger partial charge is 0.310 e. The third kappa shape index (κ3) is 2.24. The molecule has 1 saturated heterocycles. The first-order valence-corrected chi connectivity index (χ1v) is 5.89. The summed E-state index contributed by atoms with van der Waals surface area (Å²) in [5.41, 5.74) is 0.471. The van der Waals surface area contributed by atoms with Crippen molar-refractivity contribution < 1.29 is 8.78 Å². The maximum absolute atomic E-state index is 13.6. The quantitative estimate of drug-likeness (QED) is 0.813. The molecule has 0 spiro atoms. The molecule has 1 aromatic carbocycles. The first-order valence-electron chi connectivity index (χ1n) is 5.89. The first-order chi connectivity index (χ1) is 7.72. The Kier molecular flexibility index (Phi) is 3.54. The molecule has 2 unspecified atom stereocenters. The van der Waals surface area contributed by atoms with Crippen molar-refractivity contribution >= 4 is 0 Å². The van der Waals surface area contributed by atoms with Gasteiger partial charge in [0.25, 0.3) is 0 Å². The van der Waals surface area contributed by atoms with E-state index in [1.54, 1.807) is 12.1 Å². The second-order valence-electron chi connectivity index (χ2n) is 4.45.